The molecular formula is C12H13FN2OS. The van der Waals surface area contributed by atoms with Crippen molar-refractivity contribution < 1.29 is 9.18 Å². The van der Waals surface area contributed by atoms with E-state index in [1.54, 1.807) is 18.2 Å². The molecule has 1 unspecified atom stereocenters. The number of para-hydroxylation sites is 1. The van der Waals surface area contributed by atoms with E-state index in [0.717, 1.165) is 0 Å². The second-order valence-corrected chi connectivity index (χ2v) is 5.50. The molecule has 1 aliphatic heterocycles. The predicted molar refractivity (Wildman–Crippen MR) is 67.9 cm³/mol. The number of amidine groups is 1. The first-order chi connectivity index (χ1) is 8.05. The van der Waals surface area contributed by atoms with Crippen molar-refractivity contribution in [3.8, 4) is 0 Å². The molecule has 0 bridgehead atoms. The molecule has 1 aromatic rings. The molecule has 1 heterocycles. The minimum absolute atomic E-state index is 0.0694. The number of carbonyl (C=O) groups excluding carboxylic acids is 1. The summed E-state index contributed by atoms with van der Waals surface area (Å²) in [6.07, 6.45) is 0.708. The van der Waals surface area contributed by atoms with Gasteiger partial charge in [0.2, 0.25) is 5.91 Å². The van der Waals surface area contributed by atoms with Crippen molar-refractivity contribution in [3.63, 3.8) is 0 Å². The molecule has 0 radical (unpaired) electrons. The van der Waals surface area contributed by atoms with Gasteiger partial charge in [-0.05, 0) is 25.5 Å². The summed E-state index contributed by atoms with van der Waals surface area (Å²) in [5.41, 5.74) is 0.246. The maximum absolute atomic E-state index is 13.4. The van der Waals surface area contributed by atoms with Gasteiger partial charge in [0.15, 0.2) is 5.17 Å². The van der Waals surface area contributed by atoms with Crippen LogP contribution in [-0.4, -0.2) is 15.8 Å². The molecule has 0 aliphatic carbocycles. The van der Waals surface area contributed by atoms with E-state index < -0.39 is 4.75 Å². The van der Waals surface area contributed by atoms with Crippen LogP contribution < -0.4 is 5.32 Å². The van der Waals surface area contributed by atoms with Crippen LogP contribution in [0, 0.1) is 5.82 Å². The highest BCUT2D eigenvalue weighted by Gasteiger charge is 2.40. The number of aliphatic imine (C=N–C) groups is 1. The monoisotopic (exact) mass is 252 g/mol. The van der Waals surface area contributed by atoms with E-state index in [0.29, 0.717) is 11.6 Å². The zero-order valence-electron chi connectivity index (χ0n) is 9.66. The highest BCUT2D eigenvalue weighted by molar-refractivity contribution is 8.16. The van der Waals surface area contributed by atoms with Crippen molar-refractivity contribution in [3.05, 3.63) is 30.1 Å². The van der Waals surface area contributed by atoms with Crippen molar-refractivity contribution in [1.82, 2.24) is 5.32 Å². The lowest BCUT2D eigenvalue weighted by atomic mass is 10.1. The number of benzene rings is 1. The first-order valence-corrected chi connectivity index (χ1v) is 6.20. The van der Waals surface area contributed by atoms with Gasteiger partial charge in [-0.15, -0.1) is 0 Å². The molecule has 0 saturated carbocycles. The summed E-state index contributed by atoms with van der Waals surface area (Å²) in [6.45, 7) is 3.80. The minimum Gasteiger partial charge on any atom is -0.304 e. The van der Waals surface area contributed by atoms with Gasteiger partial charge in [-0.2, -0.15) is 0 Å². The van der Waals surface area contributed by atoms with Gasteiger partial charge in [0, 0.05) is 0 Å². The smallest absolute Gasteiger partial charge is 0.242 e. The number of nitrogens with one attached hydrogen (secondary N) is 1. The summed E-state index contributed by atoms with van der Waals surface area (Å²) in [7, 11) is 0. The van der Waals surface area contributed by atoms with Gasteiger partial charge in [0.1, 0.15) is 11.5 Å². The standard InChI is InChI=1S/C12H13FN2OS/c1-3-12(2)10(16)15-11(17-12)14-9-7-5-4-6-8(9)13/h4-7H,3H2,1-2H3,(H,14,15,16). The summed E-state index contributed by atoms with van der Waals surface area (Å²) in [4.78, 5) is 15.8. The molecule has 1 amide bonds. The van der Waals surface area contributed by atoms with E-state index in [-0.39, 0.29) is 17.4 Å². The highest BCUT2D eigenvalue weighted by Crippen LogP contribution is 2.35. The van der Waals surface area contributed by atoms with E-state index in [1.165, 1.54) is 17.8 Å². The summed E-state index contributed by atoms with van der Waals surface area (Å²) in [5, 5.41) is 3.14. The summed E-state index contributed by atoms with van der Waals surface area (Å²) in [6, 6.07) is 6.25. The maximum Gasteiger partial charge on any atom is 0.242 e. The van der Waals surface area contributed by atoms with Crippen LogP contribution in [0.25, 0.3) is 0 Å². The normalized spacial score (nSPS) is 26.3. The number of nitrogens with zero attached hydrogens (tertiary/aromatic N) is 1. The molecule has 3 nitrogen and oxygen atoms in total. The van der Waals surface area contributed by atoms with Gasteiger partial charge in [-0.3, -0.25) is 4.79 Å². The molecule has 2 rings (SSSR count). The summed E-state index contributed by atoms with van der Waals surface area (Å²) in [5.74, 6) is -0.458. The molecule has 1 fully saturated rings. The third-order valence-electron chi connectivity index (χ3n) is 2.77. The zero-order valence-corrected chi connectivity index (χ0v) is 10.5. The zero-order chi connectivity index (χ0) is 12.5. The minimum atomic E-state index is -0.496. The number of thioether (sulfide) groups is 1. The summed E-state index contributed by atoms with van der Waals surface area (Å²) >= 11 is 1.35. The fourth-order valence-corrected chi connectivity index (χ4v) is 2.45. The molecule has 0 aromatic heterocycles. The van der Waals surface area contributed by atoms with Crippen molar-refractivity contribution in [2.75, 3.05) is 0 Å². The Hall–Kier alpha value is -1.36. The van der Waals surface area contributed by atoms with E-state index >= 15 is 0 Å². The van der Waals surface area contributed by atoms with E-state index in [2.05, 4.69) is 10.3 Å². The number of rotatable bonds is 2. The Bertz CT molecular complexity index is 489. The van der Waals surface area contributed by atoms with Gasteiger partial charge >= 0.3 is 0 Å². The maximum atomic E-state index is 13.4. The van der Waals surface area contributed by atoms with Crippen LogP contribution in [0.1, 0.15) is 20.3 Å². The van der Waals surface area contributed by atoms with Crippen molar-refractivity contribution in [1.29, 1.82) is 0 Å². The van der Waals surface area contributed by atoms with Crippen LogP contribution in [0.15, 0.2) is 29.3 Å². The largest absolute Gasteiger partial charge is 0.304 e. The Balaban J connectivity index is 2.27. The lowest BCUT2D eigenvalue weighted by Crippen LogP contribution is -2.32. The van der Waals surface area contributed by atoms with Crippen LogP contribution in [0.5, 0.6) is 0 Å². The fraction of sp³-hybridized carbons (Fsp3) is 0.333. The first kappa shape index (κ1) is 12.1. The van der Waals surface area contributed by atoms with Gasteiger partial charge in [-0.25, -0.2) is 9.38 Å². The van der Waals surface area contributed by atoms with Gasteiger partial charge < -0.3 is 5.32 Å². The Morgan fingerprint density at radius 3 is 2.76 bits per heavy atom. The molecular weight excluding hydrogens is 239 g/mol. The first-order valence-electron chi connectivity index (χ1n) is 5.39. The number of halogens is 1. The van der Waals surface area contributed by atoms with Crippen molar-refractivity contribution in [2.24, 2.45) is 4.99 Å². The predicted octanol–water partition coefficient (Wildman–Crippen LogP) is 2.84. The Morgan fingerprint density at radius 1 is 1.47 bits per heavy atom. The van der Waals surface area contributed by atoms with Gasteiger partial charge in [0.25, 0.3) is 0 Å². The molecule has 1 aliphatic rings. The molecule has 5 heteroatoms. The van der Waals surface area contributed by atoms with Crippen molar-refractivity contribution in [2.45, 2.75) is 25.0 Å². The van der Waals surface area contributed by atoms with Gasteiger partial charge in [-0.1, -0.05) is 30.8 Å². The SMILES string of the molecule is CCC1(C)SC(=Nc2ccccc2F)NC1=O. The van der Waals surface area contributed by atoms with E-state index in [9.17, 15) is 9.18 Å². The molecule has 17 heavy (non-hydrogen) atoms. The molecule has 0 spiro atoms. The van der Waals surface area contributed by atoms with Crippen LogP contribution >= 0.6 is 11.8 Å². The Kier molecular flexibility index (Phi) is 3.19. The average molecular weight is 252 g/mol. The van der Waals surface area contributed by atoms with Crippen LogP contribution in [0.3, 0.4) is 0 Å². The van der Waals surface area contributed by atoms with Crippen LogP contribution in [-0.2, 0) is 4.79 Å². The number of amides is 1. The molecule has 90 valence electrons. The lowest BCUT2D eigenvalue weighted by molar-refractivity contribution is -0.121. The Labute approximate surface area is 104 Å². The van der Waals surface area contributed by atoms with E-state index in [1.807, 2.05) is 13.8 Å². The second-order valence-electron chi connectivity index (χ2n) is 4.01. The summed E-state index contributed by atoms with van der Waals surface area (Å²) < 4.78 is 12.9. The molecule has 1 aromatic carbocycles. The van der Waals surface area contributed by atoms with Crippen LogP contribution in [0.2, 0.25) is 0 Å². The fourth-order valence-electron chi connectivity index (χ4n) is 1.45. The van der Waals surface area contributed by atoms with Gasteiger partial charge in [0.05, 0.1) is 4.75 Å². The topological polar surface area (TPSA) is 41.5 Å². The second kappa shape index (κ2) is 4.49. The number of carbonyl (C=O) groups is 1. The number of hydrogen-bond donors (Lipinski definition) is 1. The van der Waals surface area contributed by atoms with Crippen LogP contribution in [0.4, 0.5) is 10.1 Å². The Morgan fingerprint density at radius 2 is 2.18 bits per heavy atom. The van der Waals surface area contributed by atoms with Crippen molar-refractivity contribution >= 4 is 28.5 Å². The third-order valence-corrected chi connectivity index (χ3v) is 4.08. The lowest BCUT2D eigenvalue weighted by Gasteiger charge is -2.14. The molecule has 1 saturated heterocycles. The quantitative estimate of drug-likeness (QED) is 0.879. The number of hydrogen-bond acceptors (Lipinski definition) is 3. The highest BCUT2D eigenvalue weighted by atomic mass is 32.2. The molecule has 1 atom stereocenters. The average Bonchev–Trinajstić information content (AvgIpc) is 2.59. The molecule has 1 N–H and O–H groups in total. The van der Waals surface area contributed by atoms with E-state index in [4.69, 9.17) is 0 Å². The third kappa shape index (κ3) is 2.34.